The summed E-state index contributed by atoms with van der Waals surface area (Å²) in [5, 5.41) is 4.18. The SMILES string of the molecule is COC(c1noc(C(C(C)C)C(C)N)n1)C1CCCCC1. The zero-order valence-electron chi connectivity index (χ0n) is 13.7. The molecule has 0 radical (unpaired) electrons. The third-order valence-corrected chi connectivity index (χ3v) is 4.61. The molecule has 0 amide bonds. The molecule has 21 heavy (non-hydrogen) atoms. The molecule has 1 heterocycles. The van der Waals surface area contributed by atoms with Gasteiger partial charge in [0.05, 0.1) is 5.92 Å². The molecule has 1 fully saturated rings. The van der Waals surface area contributed by atoms with Crippen LogP contribution in [0.5, 0.6) is 0 Å². The Morgan fingerprint density at radius 3 is 2.38 bits per heavy atom. The van der Waals surface area contributed by atoms with Crippen LogP contribution in [0, 0.1) is 11.8 Å². The van der Waals surface area contributed by atoms with E-state index in [4.69, 9.17) is 15.0 Å². The number of hydrogen-bond donors (Lipinski definition) is 1. The van der Waals surface area contributed by atoms with Crippen molar-refractivity contribution in [2.75, 3.05) is 7.11 Å². The van der Waals surface area contributed by atoms with E-state index in [9.17, 15) is 0 Å². The van der Waals surface area contributed by atoms with Gasteiger partial charge in [0, 0.05) is 13.2 Å². The fourth-order valence-electron chi connectivity index (χ4n) is 3.56. The Labute approximate surface area is 127 Å². The van der Waals surface area contributed by atoms with Crippen LogP contribution in [0.3, 0.4) is 0 Å². The van der Waals surface area contributed by atoms with Gasteiger partial charge in [0.1, 0.15) is 6.10 Å². The lowest BCUT2D eigenvalue weighted by molar-refractivity contribution is 0.0273. The monoisotopic (exact) mass is 295 g/mol. The molecule has 2 N–H and O–H groups in total. The summed E-state index contributed by atoms with van der Waals surface area (Å²) in [6.45, 7) is 6.25. The third kappa shape index (κ3) is 3.83. The van der Waals surface area contributed by atoms with Crippen molar-refractivity contribution >= 4 is 0 Å². The molecule has 5 nitrogen and oxygen atoms in total. The predicted molar refractivity (Wildman–Crippen MR) is 81.9 cm³/mol. The second-order valence-corrected chi connectivity index (χ2v) is 6.67. The van der Waals surface area contributed by atoms with Gasteiger partial charge in [-0.2, -0.15) is 4.98 Å². The van der Waals surface area contributed by atoms with Gasteiger partial charge < -0.3 is 15.0 Å². The minimum Gasteiger partial charge on any atom is -0.373 e. The molecule has 2 rings (SSSR count). The number of methoxy groups -OCH3 is 1. The number of rotatable bonds is 6. The van der Waals surface area contributed by atoms with Gasteiger partial charge in [-0.05, 0) is 31.6 Å². The summed E-state index contributed by atoms with van der Waals surface area (Å²) in [4.78, 5) is 4.62. The first-order valence-electron chi connectivity index (χ1n) is 8.16. The highest BCUT2D eigenvalue weighted by atomic mass is 16.5. The minimum atomic E-state index is -0.0521. The molecule has 3 atom stereocenters. The molecule has 0 bridgehead atoms. The molecule has 1 aromatic rings. The summed E-state index contributed by atoms with van der Waals surface area (Å²) < 4.78 is 11.2. The van der Waals surface area contributed by atoms with Gasteiger partial charge in [-0.15, -0.1) is 0 Å². The van der Waals surface area contributed by atoms with Crippen molar-refractivity contribution in [1.29, 1.82) is 0 Å². The first-order valence-corrected chi connectivity index (χ1v) is 8.16. The van der Waals surface area contributed by atoms with Crippen molar-refractivity contribution in [2.45, 2.75) is 70.9 Å². The Bertz CT molecular complexity index is 417. The van der Waals surface area contributed by atoms with Gasteiger partial charge in [0.25, 0.3) is 0 Å². The quantitative estimate of drug-likeness (QED) is 0.870. The number of nitrogens with zero attached hydrogens (tertiary/aromatic N) is 2. The molecule has 0 saturated heterocycles. The molecule has 1 aromatic heterocycles. The highest BCUT2D eigenvalue weighted by Crippen LogP contribution is 2.36. The lowest BCUT2D eigenvalue weighted by Gasteiger charge is -2.27. The standard InChI is InChI=1S/C16H29N3O2/c1-10(2)13(11(3)17)16-18-15(19-21-16)14(20-4)12-8-6-5-7-9-12/h10-14H,5-9,17H2,1-4H3. The molecule has 3 unspecified atom stereocenters. The van der Waals surface area contributed by atoms with E-state index in [1.54, 1.807) is 7.11 Å². The molecular weight excluding hydrogens is 266 g/mol. The van der Waals surface area contributed by atoms with Gasteiger partial charge in [-0.25, -0.2) is 0 Å². The average Bonchev–Trinajstić information content (AvgIpc) is 2.89. The summed E-state index contributed by atoms with van der Waals surface area (Å²) >= 11 is 0. The first-order chi connectivity index (χ1) is 10.0. The fourth-order valence-corrected chi connectivity index (χ4v) is 3.56. The van der Waals surface area contributed by atoms with Crippen LogP contribution in [0.2, 0.25) is 0 Å². The third-order valence-electron chi connectivity index (χ3n) is 4.61. The molecule has 0 spiro atoms. The van der Waals surface area contributed by atoms with Crippen LogP contribution in [0.15, 0.2) is 4.52 Å². The molecule has 1 aliphatic carbocycles. The van der Waals surface area contributed by atoms with Crippen LogP contribution in [-0.2, 0) is 4.74 Å². The highest BCUT2D eigenvalue weighted by molar-refractivity contribution is 5.02. The smallest absolute Gasteiger partial charge is 0.231 e. The van der Waals surface area contributed by atoms with E-state index in [-0.39, 0.29) is 18.1 Å². The van der Waals surface area contributed by atoms with Gasteiger partial charge >= 0.3 is 0 Å². The van der Waals surface area contributed by atoms with E-state index in [2.05, 4.69) is 24.0 Å². The summed E-state index contributed by atoms with van der Waals surface area (Å²) in [5.74, 6) is 2.30. The van der Waals surface area contributed by atoms with E-state index in [1.807, 2.05) is 6.92 Å². The fraction of sp³-hybridized carbons (Fsp3) is 0.875. The van der Waals surface area contributed by atoms with E-state index < -0.39 is 0 Å². The molecule has 1 aliphatic rings. The number of hydrogen-bond acceptors (Lipinski definition) is 5. The van der Waals surface area contributed by atoms with E-state index >= 15 is 0 Å². The van der Waals surface area contributed by atoms with Crippen LogP contribution in [-0.4, -0.2) is 23.3 Å². The summed E-state index contributed by atoms with van der Waals surface area (Å²) in [5.41, 5.74) is 6.07. The highest BCUT2D eigenvalue weighted by Gasteiger charge is 2.32. The maximum atomic E-state index is 6.07. The Morgan fingerprint density at radius 1 is 1.19 bits per heavy atom. The molecular formula is C16H29N3O2. The lowest BCUT2D eigenvalue weighted by Crippen LogP contribution is -2.29. The first kappa shape index (κ1) is 16.4. The number of aromatic nitrogens is 2. The minimum absolute atomic E-state index is 0.00558. The number of ether oxygens (including phenoxy) is 1. The van der Waals surface area contributed by atoms with E-state index in [1.165, 1.54) is 32.1 Å². The summed E-state index contributed by atoms with van der Waals surface area (Å²) in [7, 11) is 1.74. The van der Waals surface area contributed by atoms with Crippen LogP contribution < -0.4 is 5.73 Å². The second-order valence-electron chi connectivity index (χ2n) is 6.67. The molecule has 1 saturated carbocycles. The Hall–Kier alpha value is -0.940. The van der Waals surface area contributed by atoms with Crippen LogP contribution in [0.25, 0.3) is 0 Å². The molecule has 0 aliphatic heterocycles. The normalized spacial score (nSPS) is 21.4. The molecule has 120 valence electrons. The number of nitrogens with two attached hydrogens (primary N) is 1. The van der Waals surface area contributed by atoms with Crippen molar-refractivity contribution < 1.29 is 9.26 Å². The zero-order chi connectivity index (χ0) is 15.4. The average molecular weight is 295 g/mol. The maximum absolute atomic E-state index is 6.07. The van der Waals surface area contributed by atoms with Crippen molar-refractivity contribution in [2.24, 2.45) is 17.6 Å². The van der Waals surface area contributed by atoms with E-state index in [0.717, 1.165) is 0 Å². The Kier molecular flexibility index (Phi) is 5.76. The van der Waals surface area contributed by atoms with E-state index in [0.29, 0.717) is 23.6 Å². The van der Waals surface area contributed by atoms with Crippen molar-refractivity contribution in [1.82, 2.24) is 10.1 Å². The van der Waals surface area contributed by atoms with Crippen molar-refractivity contribution in [3.63, 3.8) is 0 Å². The zero-order valence-corrected chi connectivity index (χ0v) is 13.7. The predicted octanol–water partition coefficient (Wildman–Crippen LogP) is 3.42. The van der Waals surface area contributed by atoms with Crippen LogP contribution >= 0.6 is 0 Å². The van der Waals surface area contributed by atoms with Crippen LogP contribution in [0.4, 0.5) is 0 Å². The summed E-state index contributed by atoms with van der Waals surface area (Å²) in [6, 6.07) is -0.00558. The Morgan fingerprint density at radius 2 is 1.86 bits per heavy atom. The van der Waals surface area contributed by atoms with Gasteiger partial charge in [-0.3, -0.25) is 0 Å². The molecule has 0 aromatic carbocycles. The van der Waals surface area contributed by atoms with Crippen molar-refractivity contribution in [3.05, 3.63) is 11.7 Å². The lowest BCUT2D eigenvalue weighted by atomic mass is 9.85. The van der Waals surface area contributed by atoms with Gasteiger partial charge in [0.15, 0.2) is 0 Å². The maximum Gasteiger partial charge on any atom is 0.231 e. The topological polar surface area (TPSA) is 74.2 Å². The van der Waals surface area contributed by atoms with Gasteiger partial charge in [0.2, 0.25) is 11.7 Å². The van der Waals surface area contributed by atoms with Crippen molar-refractivity contribution in [3.8, 4) is 0 Å². The van der Waals surface area contributed by atoms with Crippen LogP contribution in [0.1, 0.15) is 76.6 Å². The Balaban J connectivity index is 2.16. The second kappa shape index (κ2) is 7.36. The largest absolute Gasteiger partial charge is 0.373 e. The summed E-state index contributed by atoms with van der Waals surface area (Å²) in [6.07, 6.45) is 6.17. The van der Waals surface area contributed by atoms with Gasteiger partial charge in [-0.1, -0.05) is 38.3 Å². The molecule has 5 heteroatoms.